The van der Waals surface area contributed by atoms with Gasteiger partial charge in [0.2, 0.25) is 0 Å². The van der Waals surface area contributed by atoms with Crippen LogP contribution in [0.2, 0.25) is 0 Å². The second kappa shape index (κ2) is 6.67. The molecule has 2 fully saturated rings. The van der Waals surface area contributed by atoms with Crippen molar-refractivity contribution in [3.05, 3.63) is 29.8 Å². The summed E-state index contributed by atoms with van der Waals surface area (Å²) in [5.41, 5.74) is 2.04. The van der Waals surface area contributed by atoms with E-state index in [-0.39, 0.29) is 18.7 Å². The Morgan fingerprint density at radius 1 is 1.45 bits per heavy atom. The van der Waals surface area contributed by atoms with Crippen LogP contribution in [0.3, 0.4) is 0 Å². The molecule has 0 bridgehead atoms. The fourth-order valence-electron chi connectivity index (χ4n) is 3.10. The van der Waals surface area contributed by atoms with Crippen LogP contribution >= 0.6 is 0 Å². The third-order valence-corrected chi connectivity index (χ3v) is 4.54. The van der Waals surface area contributed by atoms with Gasteiger partial charge < -0.3 is 15.2 Å². The van der Waals surface area contributed by atoms with Crippen molar-refractivity contribution in [3.8, 4) is 0 Å². The molecule has 0 aromatic heterocycles. The van der Waals surface area contributed by atoms with Gasteiger partial charge in [0.15, 0.2) is 0 Å². The average Bonchev–Trinajstić information content (AvgIpc) is 3.28. The van der Waals surface area contributed by atoms with Gasteiger partial charge in [0.25, 0.3) is 0 Å². The van der Waals surface area contributed by atoms with Crippen molar-refractivity contribution in [1.82, 2.24) is 5.32 Å². The lowest BCUT2D eigenvalue weighted by Gasteiger charge is -2.24. The molecule has 2 atom stereocenters. The number of aliphatic hydroxyl groups excluding tert-OH is 1. The summed E-state index contributed by atoms with van der Waals surface area (Å²) in [5.74, 6) is 0.700. The number of aliphatic hydroxyl groups is 1. The van der Waals surface area contributed by atoms with Crippen molar-refractivity contribution < 1.29 is 14.6 Å². The van der Waals surface area contributed by atoms with Crippen LogP contribution in [0.1, 0.15) is 37.8 Å². The van der Waals surface area contributed by atoms with Crippen LogP contribution in [0, 0.1) is 5.92 Å². The highest BCUT2D eigenvalue weighted by molar-refractivity contribution is 5.89. The quantitative estimate of drug-likeness (QED) is 0.812. The van der Waals surface area contributed by atoms with E-state index in [1.807, 2.05) is 18.2 Å². The molecule has 2 N–H and O–H groups in total. The normalized spacial score (nSPS) is 20.8. The third-order valence-electron chi connectivity index (χ3n) is 4.54. The Morgan fingerprint density at radius 2 is 2.27 bits per heavy atom. The molecule has 2 unspecified atom stereocenters. The lowest BCUT2D eigenvalue weighted by Crippen LogP contribution is -2.34. The van der Waals surface area contributed by atoms with Gasteiger partial charge in [-0.15, -0.1) is 0 Å². The van der Waals surface area contributed by atoms with Crippen LogP contribution in [0.5, 0.6) is 0 Å². The molecular formula is C17H24N2O3. The number of amides is 1. The number of hydrogen-bond acceptors (Lipinski definition) is 4. The maximum Gasteiger partial charge on any atom is 0.414 e. The van der Waals surface area contributed by atoms with Gasteiger partial charge in [-0.3, -0.25) is 4.90 Å². The smallest absolute Gasteiger partial charge is 0.414 e. The molecule has 1 saturated heterocycles. The first-order chi connectivity index (χ1) is 10.7. The van der Waals surface area contributed by atoms with E-state index in [9.17, 15) is 9.90 Å². The van der Waals surface area contributed by atoms with Crippen LogP contribution < -0.4 is 10.2 Å². The van der Waals surface area contributed by atoms with Gasteiger partial charge in [-0.25, -0.2) is 4.79 Å². The van der Waals surface area contributed by atoms with Crippen molar-refractivity contribution in [1.29, 1.82) is 0 Å². The zero-order valence-corrected chi connectivity index (χ0v) is 13.0. The molecule has 120 valence electrons. The topological polar surface area (TPSA) is 61.8 Å². The summed E-state index contributed by atoms with van der Waals surface area (Å²) >= 11 is 0. The molecule has 1 aliphatic heterocycles. The second-order valence-electron chi connectivity index (χ2n) is 6.21. The molecule has 0 radical (unpaired) electrons. The Bertz CT molecular complexity index is 530. The summed E-state index contributed by atoms with van der Waals surface area (Å²) < 4.78 is 5.00. The lowest BCUT2D eigenvalue weighted by molar-refractivity contribution is 0.181. The highest BCUT2D eigenvalue weighted by atomic mass is 16.6. The van der Waals surface area contributed by atoms with Crippen LogP contribution in [0.15, 0.2) is 24.3 Å². The summed E-state index contributed by atoms with van der Waals surface area (Å²) in [4.78, 5) is 13.3. The first-order valence-electron chi connectivity index (χ1n) is 8.10. The van der Waals surface area contributed by atoms with Crippen LogP contribution in [0.25, 0.3) is 0 Å². The number of hydrogen-bond donors (Lipinski definition) is 2. The molecule has 22 heavy (non-hydrogen) atoms. The minimum Gasteiger partial charge on any atom is -0.447 e. The van der Waals surface area contributed by atoms with E-state index >= 15 is 0 Å². The standard InChI is InChI=1S/C17H24N2O3/c1-12(18-16(7-9-20)13-5-6-13)14-3-2-4-15(11-14)19-8-10-22-17(19)21/h2-4,11-13,16,18,20H,5-10H2,1H3. The number of rotatable bonds is 7. The number of carbonyl (C=O) groups excluding carboxylic acids is 1. The lowest BCUT2D eigenvalue weighted by atomic mass is 10.0. The Hall–Kier alpha value is -1.59. The second-order valence-corrected chi connectivity index (χ2v) is 6.21. The molecule has 1 aromatic rings. The molecule has 1 saturated carbocycles. The minimum atomic E-state index is -0.270. The van der Waals surface area contributed by atoms with Crippen molar-refractivity contribution in [2.24, 2.45) is 5.92 Å². The maximum absolute atomic E-state index is 11.7. The first kappa shape index (κ1) is 15.3. The predicted molar refractivity (Wildman–Crippen MR) is 84.9 cm³/mol. The highest BCUT2D eigenvalue weighted by Crippen LogP contribution is 2.35. The molecule has 3 rings (SSSR count). The summed E-state index contributed by atoms with van der Waals surface area (Å²) in [6.07, 6.45) is 3.04. The van der Waals surface area contributed by atoms with Gasteiger partial charge >= 0.3 is 6.09 Å². The van der Waals surface area contributed by atoms with Crippen LogP contribution in [-0.2, 0) is 4.74 Å². The van der Waals surface area contributed by atoms with Gasteiger partial charge in [-0.1, -0.05) is 12.1 Å². The summed E-state index contributed by atoms with van der Waals surface area (Å²) in [6, 6.07) is 8.61. The van der Waals surface area contributed by atoms with E-state index in [2.05, 4.69) is 18.3 Å². The summed E-state index contributed by atoms with van der Waals surface area (Å²) in [5, 5.41) is 12.8. The molecule has 1 heterocycles. The van der Waals surface area contributed by atoms with Crippen LogP contribution in [0.4, 0.5) is 10.5 Å². The van der Waals surface area contributed by atoms with Gasteiger partial charge in [0.05, 0.1) is 6.54 Å². The van der Waals surface area contributed by atoms with E-state index < -0.39 is 0 Å². The number of cyclic esters (lactones) is 1. The van der Waals surface area contributed by atoms with Gasteiger partial charge in [0.1, 0.15) is 6.61 Å². The van der Waals surface area contributed by atoms with Crippen molar-refractivity contribution in [2.75, 3.05) is 24.7 Å². The Labute approximate surface area is 131 Å². The number of benzene rings is 1. The molecular weight excluding hydrogens is 280 g/mol. The zero-order chi connectivity index (χ0) is 15.5. The predicted octanol–water partition coefficient (Wildman–Crippen LogP) is 2.45. The molecule has 0 spiro atoms. The van der Waals surface area contributed by atoms with Crippen molar-refractivity contribution in [2.45, 2.75) is 38.3 Å². The van der Waals surface area contributed by atoms with E-state index in [0.717, 1.165) is 17.7 Å². The fraction of sp³-hybridized carbons (Fsp3) is 0.588. The minimum absolute atomic E-state index is 0.190. The molecule has 2 aliphatic rings. The highest BCUT2D eigenvalue weighted by Gasteiger charge is 2.31. The SMILES string of the molecule is CC(NC(CCO)C1CC1)c1cccc(N2CCOC2=O)c1. The molecule has 1 amide bonds. The molecule has 1 aliphatic carbocycles. The van der Waals surface area contributed by atoms with Crippen LogP contribution in [-0.4, -0.2) is 37.0 Å². The van der Waals surface area contributed by atoms with Gasteiger partial charge in [0, 0.05) is 24.4 Å². The van der Waals surface area contributed by atoms with Crippen molar-refractivity contribution >= 4 is 11.8 Å². The largest absolute Gasteiger partial charge is 0.447 e. The van der Waals surface area contributed by atoms with E-state index in [1.165, 1.54) is 12.8 Å². The van der Waals surface area contributed by atoms with E-state index in [1.54, 1.807) is 4.90 Å². The third kappa shape index (κ3) is 3.42. The van der Waals surface area contributed by atoms with Gasteiger partial charge in [-0.2, -0.15) is 0 Å². The Kier molecular flexibility index (Phi) is 4.64. The summed E-state index contributed by atoms with van der Waals surface area (Å²) in [6.45, 7) is 3.42. The molecule has 5 heteroatoms. The first-order valence-corrected chi connectivity index (χ1v) is 8.10. The van der Waals surface area contributed by atoms with Gasteiger partial charge in [-0.05, 0) is 49.8 Å². The number of nitrogens with zero attached hydrogens (tertiary/aromatic N) is 1. The number of carbonyl (C=O) groups is 1. The number of anilines is 1. The zero-order valence-electron chi connectivity index (χ0n) is 13.0. The monoisotopic (exact) mass is 304 g/mol. The molecule has 1 aromatic carbocycles. The Morgan fingerprint density at radius 3 is 2.91 bits per heavy atom. The maximum atomic E-state index is 11.7. The Balaban J connectivity index is 1.69. The van der Waals surface area contributed by atoms with E-state index in [0.29, 0.717) is 25.1 Å². The molecule has 5 nitrogen and oxygen atoms in total. The average molecular weight is 304 g/mol. The van der Waals surface area contributed by atoms with E-state index in [4.69, 9.17) is 4.74 Å². The van der Waals surface area contributed by atoms with Crippen molar-refractivity contribution in [3.63, 3.8) is 0 Å². The number of ether oxygens (including phenoxy) is 1. The fourth-order valence-corrected chi connectivity index (χ4v) is 3.10. The summed E-state index contributed by atoms with van der Waals surface area (Å²) in [7, 11) is 0. The number of nitrogens with one attached hydrogen (secondary N) is 1.